The maximum Gasteiger partial charge on any atom is 0.416 e. The van der Waals surface area contributed by atoms with Gasteiger partial charge in [-0.1, -0.05) is 56.9 Å². The highest BCUT2D eigenvalue weighted by atomic mass is 35.5. The van der Waals surface area contributed by atoms with Gasteiger partial charge >= 0.3 is 12.4 Å². The molecule has 1 saturated heterocycles. The SMILES string of the molecule is C[Si](C)(C)CCN1CCN(CC[Si](C)(C)C)C(c2ccc(Cl)cc2C(=O)Nc2cc(C(F)(F)F)cc(C(F)(F)F)c2)C1. The summed E-state index contributed by atoms with van der Waals surface area (Å²) in [7, 11) is -2.71. The van der Waals surface area contributed by atoms with Crippen LogP contribution in [-0.4, -0.2) is 64.6 Å². The topological polar surface area (TPSA) is 35.6 Å². The maximum atomic E-state index is 13.6. The number of piperazine rings is 1. The van der Waals surface area contributed by atoms with Crippen molar-refractivity contribution in [3.63, 3.8) is 0 Å². The normalized spacial score (nSPS) is 17.9. The zero-order valence-electron chi connectivity index (χ0n) is 24.9. The molecule has 234 valence electrons. The van der Waals surface area contributed by atoms with Gasteiger partial charge in [0.05, 0.1) is 11.1 Å². The van der Waals surface area contributed by atoms with E-state index in [1.54, 1.807) is 12.1 Å². The smallest absolute Gasteiger partial charge is 0.322 e. The van der Waals surface area contributed by atoms with E-state index in [-0.39, 0.29) is 22.7 Å². The predicted octanol–water partition coefficient (Wildman–Crippen LogP) is 8.97. The standard InChI is InChI=1S/C29H40ClF6N3OSi2/c1-41(2,3)13-11-38-9-10-39(12-14-42(4,5)6)26(19-38)24-8-7-22(30)18-25(24)27(40)37-23-16-20(28(31,32)33)15-21(17-23)29(34,35)36/h7-8,15-18,26H,9-14,19H2,1-6H3,(H,37,40). The highest BCUT2D eigenvalue weighted by molar-refractivity contribution is 6.76. The van der Waals surface area contributed by atoms with Gasteiger partial charge in [0.2, 0.25) is 0 Å². The third-order valence-corrected chi connectivity index (χ3v) is 11.0. The average molecular weight is 652 g/mol. The maximum absolute atomic E-state index is 13.6. The van der Waals surface area contributed by atoms with Crippen LogP contribution in [0, 0.1) is 0 Å². The summed E-state index contributed by atoms with van der Waals surface area (Å²) < 4.78 is 80.6. The third kappa shape index (κ3) is 10.1. The quantitative estimate of drug-likeness (QED) is 0.217. The lowest BCUT2D eigenvalue weighted by Gasteiger charge is -2.43. The predicted molar refractivity (Wildman–Crippen MR) is 163 cm³/mol. The van der Waals surface area contributed by atoms with E-state index in [1.165, 1.54) is 6.07 Å². The van der Waals surface area contributed by atoms with Gasteiger partial charge < -0.3 is 10.2 Å². The second-order valence-electron chi connectivity index (χ2n) is 13.5. The van der Waals surface area contributed by atoms with Crippen molar-refractivity contribution >= 4 is 39.3 Å². The molecule has 0 saturated carbocycles. The van der Waals surface area contributed by atoms with Crippen LogP contribution in [0.2, 0.25) is 56.4 Å². The van der Waals surface area contributed by atoms with Gasteiger partial charge in [0, 0.05) is 58.1 Å². The number of carbonyl (C=O) groups excluding carboxylic acids is 1. The number of anilines is 1. The fraction of sp³-hybridized carbons (Fsp3) is 0.552. The molecule has 2 aromatic carbocycles. The van der Waals surface area contributed by atoms with Crippen molar-refractivity contribution in [2.75, 3.05) is 38.0 Å². The Balaban J connectivity index is 2.00. The number of hydrogen-bond acceptors (Lipinski definition) is 3. The summed E-state index contributed by atoms with van der Waals surface area (Å²) in [6.07, 6.45) is -10.1. The van der Waals surface area contributed by atoms with Crippen molar-refractivity contribution in [2.24, 2.45) is 0 Å². The molecule has 1 heterocycles. The third-order valence-electron chi connectivity index (χ3n) is 7.37. The van der Waals surface area contributed by atoms with Gasteiger partial charge in [0.15, 0.2) is 0 Å². The molecule has 1 fully saturated rings. The summed E-state index contributed by atoms with van der Waals surface area (Å²) in [5.41, 5.74) is -2.82. The van der Waals surface area contributed by atoms with Crippen molar-refractivity contribution in [1.29, 1.82) is 0 Å². The van der Waals surface area contributed by atoms with Crippen LogP contribution in [0.5, 0.6) is 0 Å². The molecule has 1 amide bonds. The first-order chi connectivity index (χ1) is 19.1. The minimum atomic E-state index is -5.03. The number of carbonyl (C=O) groups is 1. The van der Waals surface area contributed by atoms with Crippen molar-refractivity contribution in [3.8, 4) is 0 Å². The lowest BCUT2D eigenvalue weighted by Crippen LogP contribution is -2.50. The van der Waals surface area contributed by atoms with Crippen LogP contribution < -0.4 is 5.32 Å². The number of rotatable bonds is 9. The van der Waals surface area contributed by atoms with E-state index in [0.717, 1.165) is 38.3 Å². The molecule has 3 rings (SSSR count). The van der Waals surface area contributed by atoms with Crippen molar-refractivity contribution in [1.82, 2.24) is 9.80 Å². The average Bonchev–Trinajstić information content (AvgIpc) is 2.84. The van der Waals surface area contributed by atoms with Gasteiger partial charge in [0.1, 0.15) is 0 Å². The van der Waals surface area contributed by atoms with Gasteiger partial charge in [-0.05, 0) is 61.1 Å². The van der Waals surface area contributed by atoms with E-state index in [9.17, 15) is 31.1 Å². The Morgan fingerprint density at radius 3 is 1.93 bits per heavy atom. The van der Waals surface area contributed by atoms with E-state index in [4.69, 9.17) is 11.6 Å². The molecule has 2 aromatic rings. The van der Waals surface area contributed by atoms with Crippen molar-refractivity contribution in [3.05, 3.63) is 63.7 Å². The Morgan fingerprint density at radius 1 is 0.857 bits per heavy atom. The lowest BCUT2D eigenvalue weighted by atomic mass is 9.96. The Kier molecular flexibility index (Phi) is 10.7. The zero-order valence-corrected chi connectivity index (χ0v) is 27.7. The summed E-state index contributed by atoms with van der Waals surface area (Å²) in [5.74, 6) is -0.815. The minimum Gasteiger partial charge on any atom is -0.322 e. The van der Waals surface area contributed by atoms with Crippen LogP contribution in [0.3, 0.4) is 0 Å². The summed E-state index contributed by atoms with van der Waals surface area (Å²) in [6, 6.07) is 7.86. The summed E-state index contributed by atoms with van der Waals surface area (Å²) in [4.78, 5) is 18.3. The molecule has 0 aromatic heterocycles. The molecule has 13 heteroatoms. The van der Waals surface area contributed by atoms with Crippen LogP contribution in [0.4, 0.5) is 32.0 Å². The second-order valence-corrected chi connectivity index (χ2v) is 25.1. The van der Waals surface area contributed by atoms with Gasteiger partial charge in [-0.25, -0.2) is 0 Å². The highest BCUT2D eigenvalue weighted by Gasteiger charge is 2.38. The van der Waals surface area contributed by atoms with E-state index in [1.807, 2.05) is 0 Å². The largest absolute Gasteiger partial charge is 0.416 e. The highest BCUT2D eigenvalue weighted by Crippen LogP contribution is 2.38. The molecule has 1 aliphatic rings. The zero-order chi connectivity index (χ0) is 31.7. The van der Waals surface area contributed by atoms with Crippen molar-refractivity contribution < 1.29 is 31.1 Å². The number of nitrogens with zero attached hydrogens (tertiary/aromatic N) is 2. The number of amides is 1. The molecule has 0 aliphatic carbocycles. The Labute approximate surface area is 251 Å². The van der Waals surface area contributed by atoms with Gasteiger partial charge in [-0.15, -0.1) is 0 Å². The number of halogens is 7. The Hall–Kier alpha value is -1.87. The molecule has 42 heavy (non-hydrogen) atoms. The number of nitrogens with one attached hydrogen (secondary N) is 1. The van der Waals surface area contributed by atoms with Crippen LogP contribution in [0.15, 0.2) is 36.4 Å². The summed E-state index contributed by atoms with van der Waals surface area (Å²) in [5, 5.41) is 2.54. The summed E-state index contributed by atoms with van der Waals surface area (Å²) >= 11 is 6.27. The number of alkyl halides is 6. The molecule has 1 unspecified atom stereocenters. The van der Waals surface area contributed by atoms with E-state index >= 15 is 0 Å². The van der Waals surface area contributed by atoms with E-state index < -0.39 is 51.2 Å². The minimum absolute atomic E-state index is 0.0357. The van der Waals surface area contributed by atoms with Crippen LogP contribution in [0.25, 0.3) is 0 Å². The van der Waals surface area contributed by atoms with Crippen LogP contribution in [-0.2, 0) is 12.4 Å². The van der Waals surface area contributed by atoms with Crippen LogP contribution in [0.1, 0.15) is 33.1 Å². The molecule has 0 spiro atoms. The molecule has 4 nitrogen and oxygen atoms in total. The van der Waals surface area contributed by atoms with Gasteiger partial charge in [-0.3, -0.25) is 9.69 Å². The molecule has 1 aliphatic heterocycles. The van der Waals surface area contributed by atoms with Gasteiger partial charge in [0.25, 0.3) is 5.91 Å². The number of hydrogen-bond donors (Lipinski definition) is 1. The first-order valence-corrected chi connectivity index (χ1v) is 21.8. The molecule has 1 N–H and O–H groups in total. The first-order valence-electron chi connectivity index (χ1n) is 14.0. The summed E-state index contributed by atoms with van der Waals surface area (Å²) in [6.45, 7) is 17.9. The monoisotopic (exact) mass is 651 g/mol. The molecule has 0 bridgehead atoms. The van der Waals surface area contributed by atoms with Crippen LogP contribution >= 0.6 is 11.6 Å². The Bertz CT molecular complexity index is 1230. The first kappa shape index (κ1) is 34.6. The van der Waals surface area contributed by atoms with E-state index in [0.29, 0.717) is 24.2 Å². The fourth-order valence-electron chi connectivity index (χ4n) is 4.86. The lowest BCUT2D eigenvalue weighted by molar-refractivity contribution is -0.143. The van der Waals surface area contributed by atoms with E-state index in [2.05, 4.69) is 54.4 Å². The molecular weight excluding hydrogens is 612 g/mol. The van der Waals surface area contributed by atoms with Crippen molar-refractivity contribution in [2.45, 2.75) is 69.8 Å². The Morgan fingerprint density at radius 2 is 1.40 bits per heavy atom. The second kappa shape index (κ2) is 13.0. The van der Waals surface area contributed by atoms with Gasteiger partial charge in [-0.2, -0.15) is 26.3 Å². The molecule has 1 atom stereocenters. The molecule has 0 radical (unpaired) electrons. The number of benzene rings is 2. The molecular formula is C29H40ClF6N3OSi2. The fourth-order valence-corrected chi connectivity index (χ4v) is 6.97.